The van der Waals surface area contributed by atoms with Gasteiger partial charge in [0.2, 0.25) is 5.91 Å². The topological polar surface area (TPSA) is 79.3 Å². The zero-order valence-corrected chi connectivity index (χ0v) is 15.9. The molecule has 134 valence electrons. The van der Waals surface area contributed by atoms with Crippen LogP contribution in [0, 0.1) is 5.92 Å². The number of nitrogens with zero attached hydrogens (tertiary/aromatic N) is 1. The van der Waals surface area contributed by atoms with Crippen LogP contribution in [0.1, 0.15) is 34.9 Å². The fourth-order valence-corrected chi connectivity index (χ4v) is 4.20. The predicted molar refractivity (Wildman–Crippen MR) is 102 cm³/mol. The highest BCUT2D eigenvalue weighted by Crippen LogP contribution is 2.24. The van der Waals surface area contributed by atoms with Crippen LogP contribution in [0.5, 0.6) is 0 Å². The molecule has 1 atom stereocenters. The van der Waals surface area contributed by atoms with Gasteiger partial charge in [-0.2, -0.15) is 0 Å². The highest BCUT2D eigenvalue weighted by atomic mass is 32.2. The molecule has 2 aromatic rings. The smallest absolute Gasteiger partial charge is 0.355 e. The Labute approximate surface area is 155 Å². The molecule has 0 aliphatic heterocycles. The van der Waals surface area contributed by atoms with Gasteiger partial charge in [-0.1, -0.05) is 44.2 Å². The van der Waals surface area contributed by atoms with Gasteiger partial charge in [0.15, 0.2) is 5.69 Å². The second-order valence-corrected chi connectivity index (χ2v) is 8.01. The molecule has 0 bridgehead atoms. The van der Waals surface area contributed by atoms with E-state index in [1.807, 2.05) is 32.0 Å². The summed E-state index contributed by atoms with van der Waals surface area (Å²) in [7, 11) is 0. The first-order chi connectivity index (χ1) is 12.0. The van der Waals surface area contributed by atoms with Crippen LogP contribution in [-0.2, 0) is 17.0 Å². The van der Waals surface area contributed by atoms with Crippen molar-refractivity contribution in [2.45, 2.75) is 31.3 Å². The number of rotatable bonds is 9. The van der Waals surface area contributed by atoms with Gasteiger partial charge in [0, 0.05) is 24.1 Å². The monoisotopic (exact) mass is 378 g/mol. The second-order valence-electron chi connectivity index (χ2n) is 5.93. The van der Waals surface area contributed by atoms with Crippen molar-refractivity contribution in [3.8, 4) is 0 Å². The van der Waals surface area contributed by atoms with E-state index in [0.717, 1.165) is 10.8 Å². The summed E-state index contributed by atoms with van der Waals surface area (Å²) in [6.45, 7) is 4.55. The van der Waals surface area contributed by atoms with Crippen molar-refractivity contribution in [2.75, 3.05) is 6.54 Å². The lowest BCUT2D eigenvalue weighted by Crippen LogP contribution is -2.37. The average molecular weight is 379 g/mol. The molecule has 1 unspecified atom stereocenters. The van der Waals surface area contributed by atoms with E-state index in [9.17, 15) is 9.59 Å². The maximum atomic E-state index is 12.5. The standard InChI is InChI=1S/C18H22N2O3S2/c1-12(2)16(25-10-13-6-4-3-5-7-13)17(21)19-9-8-15-20-14(11-24-15)18(22)23/h3-7,11-12,16H,8-10H2,1-2H3,(H,19,21)(H,22,23). The molecule has 2 N–H and O–H groups in total. The van der Waals surface area contributed by atoms with Gasteiger partial charge in [-0.3, -0.25) is 4.79 Å². The number of hydrogen-bond acceptors (Lipinski definition) is 5. The third-order valence-electron chi connectivity index (χ3n) is 3.55. The number of carbonyl (C=O) groups excluding carboxylic acids is 1. The summed E-state index contributed by atoms with van der Waals surface area (Å²) >= 11 is 2.95. The molecular formula is C18H22N2O3S2. The van der Waals surface area contributed by atoms with Gasteiger partial charge in [-0.05, 0) is 11.5 Å². The first-order valence-electron chi connectivity index (χ1n) is 8.08. The minimum absolute atomic E-state index is 0.0194. The third-order valence-corrected chi connectivity index (χ3v) is 6.07. The normalized spacial score (nSPS) is 12.1. The first kappa shape index (κ1) is 19.5. The maximum Gasteiger partial charge on any atom is 0.355 e. The van der Waals surface area contributed by atoms with Crippen LogP contribution in [-0.4, -0.2) is 33.8 Å². The molecule has 0 aliphatic rings. The lowest BCUT2D eigenvalue weighted by Gasteiger charge is -2.19. The summed E-state index contributed by atoms with van der Waals surface area (Å²) in [5, 5.41) is 13.9. The van der Waals surface area contributed by atoms with Gasteiger partial charge in [0.25, 0.3) is 0 Å². The van der Waals surface area contributed by atoms with Gasteiger partial charge in [-0.15, -0.1) is 23.1 Å². The molecule has 0 fully saturated rings. The van der Waals surface area contributed by atoms with Crippen molar-refractivity contribution < 1.29 is 14.7 Å². The molecule has 25 heavy (non-hydrogen) atoms. The molecule has 0 radical (unpaired) electrons. The van der Waals surface area contributed by atoms with Crippen molar-refractivity contribution in [3.05, 3.63) is 52.0 Å². The SMILES string of the molecule is CC(C)C(SCc1ccccc1)C(=O)NCCc1nc(C(=O)O)cs1. The lowest BCUT2D eigenvalue weighted by molar-refractivity contribution is -0.121. The number of aromatic carboxylic acids is 1. The molecule has 1 amide bonds. The number of amides is 1. The van der Waals surface area contributed by atoms with Gasteiger partial charge in [0.05, 0.1) is 10.3 Å². The average Bonchev–Trinajstić information content (AvgIpc) is 3.05. The number of carboxylic acids is 1. The van der Waals surface area contributed by atoms with Crippen molar-refractivity contribution in [1.29, 1.82) is 0 Å². The summed E-state index contributed by atoms with van der Waals surface area (Å²) in [5.41, 5.74) is 1.26. The molecule has 1 aromatic heterocycles. The van der Waals surface area contributed by atoms with Crippen LogP contribution in [0.15, 0.2) is 35.7 Å². The highest BCUT2D eigenvalue weighted by molar-refractivity contribution is 7.99. The molecule has 5 nitrogen and oxygen atoms in total. The van der Waals surface area contributed by atoms with Crippen molar-refractivity contribution in [2.24, 2.45) is 5.92 Å². The van der Waals surface area contributed by atoms with Crippen LogP contribution in [0.3, 0.4) is 0 Å². The zero-order chi connectivity index (χ0) is 18.2. The number of benzene rings is 1. The van der Waals surface area contributed by atoms with E-state index in [1.54, 1.807) is 11.8 Å². The zero-order valence-electron chi connectivity index (χ0n) is 14.3. The maximum absolute atomic E-state index is 12.5. The van der Waals surface area contributed by atoms with Crippen molar-refractivity contribution in [1.82, 2.24) is 10.3 Å². The molecule has 1 aromatic carbocycles. The van der Waals surface area contributed by atoms with E-state index in [-0.39, 0.29) is 22.8 Å². The Bertz CT molecular complexity index is 701. The fourth-order valence-electron chi connectivity index (χ4n) is 2.25. The summed E-state index contributed by atoms with van der Waals surface area (Å²) < 4.78 is 0. The number of aromatic nitrogens is 1. The van der Waals surface area contributed by atoms with E-state index in [4.69, 9.17) is 5.11 Å². The van der Waals surface area contributed by atoms with Gasteiger partial charge >= 0.3 is 5.97 Å². The lowest BCUT2D eigenvalue weighted by atomic mass is 10.1. The minimum atomic E-state index is -1.02. The molecule has 0 aliphatic carbocycles. The third kappa shape index (κ3) is 6.17. The number of hydrogen-bond donors (Lipinski definition) is 2. The quantitative estimate of drug-likeness (QED) is 0.699. The fraction of sp³-hybridized carbons (Fsp3) is 0.389. The molecular weight excluding hydrogens is 356 g/mol. The predicted octanol–water partition coefficient (Wildman–Crippen LogP) is 3.46. The van der Waals surface area contributed by atoms with Crippen LogP contribution in [0.4, 0.5) is 0 Å². The number of thiazole rings is 1. The van der Waals surface area contributed by atoms with Gasteiger partial charge < -0.3 is 10.4 Å². The Morgan fingerprint density at radius 2 is 2.00 bits per heavy atom. The molecule has 0 saturated heterocycles. The van der Waals surface area contributed by atoms with Crippen LogP contribution in [0.25, 0.3) is 0 Å². The van der Waals surface area contributed by atoms with Gasteiger partial charge in [0.1, 0.15) is 0 Å². The Kier molecular flexibility index (Phi) is 7.46. The van der Waals surface area contributed by atoms with Crippen LogP contribution in [0.2, 0.25) is 0 Å². The Morgan fingerprint density at radius 1 is 1.28 bits per heavy atom. The van der Waals surface area contributed by atoms with Crippen LogP contribution >= 0.6 is 23.1 Å². The number of thioether (sulfide) groups is 1. The van der Waals surface area contributed by atoms with Crippen LogP contribution < -0.4 is 5.32 Å². The van der Waals surface area contributed by atoms with E-state index >= 15 is 0 Å². The first-order valence-corrected chi connectivity index (χ1v) is 10.0. The van der Waals surface area contributed by atoms with E-state index in [1.165, 1.54) is 22.3 Å². The van der Waals surface area contributed by atoms with E-state index in [2.05, 4.69) is 22.4 Å². The molecule has 2 rings (SSSR count). The Morgan fingerprint density at radius 3 is 2.60 bits per heavy atom. The minimum Gasteiger partial charge on any atom is -0.476 e. The van der Waals surface area contributed by atoms with E-state index in [0.29, 0.717) is 13.0 Å². The van der Waals surface area contributed by atoms with Crippen molar-refractivity contribution in [3.63, 3.8) is 0 Å². The van der Waals surface area contributed by atoms with Gasteiger partial charge in [-0.25, -0.2) is 9.78 Å². The Hall–Kier alpha value is -1.86. The number of carboxylic acid groups (broad SMARTS) is 1. The van der Waals surface area contributed by atoms with E-state index < -0.39 is 5.97 Å². The summed E-state index contributed by atoms with van der Waals surface area (Å²) in [5.74, 6) is 0.0211. The number of carbonyl (C=O) groups is 2. The largest absolute Gasteiger partial charge is 0.476 e. The van der Waals surface area contributed by atoms with Crippen molar-refractivity contribution >= 4 is 35.0 Å². The molecule has 0 saturated carbocycles. The summed E-state index contributed by atoms with van der Waals surface area (Å²) in [4.78, 5) is 27.3. The highest BCUT2D eigenvalue weighted by Gasteiger charge is 2.22. The summed E-state index contributed by atoms with van der Waals surface area (Å²) in [6.07, 6.45) is 0.540. The second kappa shape index (κ2) is 9.58. The molecule has 7 heteroatoms. The Balaban J connectivity index is 1.82. The molecule has 1 heterocycles. The number of nitrogens with one attached hydrogen (secondary N) is 1. The molecule has 0 spiro atoms. The summed E-state index contributed by atoms with van der Waals surface area (Å²) in [6, 6.07) is 10.1.